The molecule has 1 amide bonds. The van der Waals surface area contributed by atoms with Crippen molar-refractivity contribution in [2.24, 2.45) is 0 Å². The lowest BCUT2D eigenvalue weighted by atomic mass is 10.4. The van der Waals surface area contributed by atoms with Crippen LogP contribution in [0.25, 0.3) is 5.65 Å². The second kappa shape index (κ2) is 6.08. The van der Waals surface area contributed by atoms with Crippen LogP contribution in [0.2, 0.25) is 0 Å². The zero-order chi connectivity index (χ0) is 15.4. The molecular weight excluding hydrogens is 286 g/mol. The van der Waals surface area contributed by atoms with Gasteiger partial charge in [-0.15, -0.1) is 5.10 Å². The minimum Gasteiger partial charge on any atom is -0.470 e. The van der Waals surface area contributed by atoms with Gasteiger partial charge in [-0.1, -0.05) is 6.07 Å². The first-order chi connectivity index (χ1) is 10.7. The number of amides is 1. The van der Waals surface area contributed by atoms with Gasteiger partial charge in [-0.05, 0) is 18.2 Å². The average Bonchev–Trinajstić information content (AvgIpc) is 2.95. The number of anilines is 1. The fraction of sp³-hybridized carbons (Fsp3) is 0.143. The molecule has 0 saturated carbocycles. The Labute approximate surface area is 125 Å². The Morgan fingerprint density at radius 1 is 1.32 bits per heavy atom. The molecule has 3 aromatic rings. The van der Waals surface area contributed by atoms with Gasteiger partial charge < -0.3 is 9.47 Å². The maximum atomic E-state index is 11.1. The summed E-state index contributed by atoms with van der Waals surface area (Å²) in [6, 6.07) is 9.04. The SMILES string of the molecule is COC(=O)Nc1cn2nc(OCc3ccccn3)ccc2n1. The van der Waals surface area contributed by atoms with E-state index in [9.17, 15) is 4.79 Å². The number of ether oxygens (including phenoxy) is 2. The molecule has 0 spiro atoms. The zero-order valence-electron chi connectivity index (χ0n) is 11.8. The summed E-state index contributed by atoms with van der Waals surface area (Å²) in [5.41, 5.74) is 1.39. The molecule has 0 unspecified atom stereocenters. The molecule has 0 aliphatic heterocycles. The Morgan fingerprint density at radius 2 is 2.23 bits per heavy atom. The summed E-state index contributed by atoms with van der Waals surface area (Å²) in [6.45, 7) is 0.321. The lowest BCUT2D eigenvalue weighted by Gasteiger charge is -2.04. The van der Waals surface area contributed by atoms with E-state index in [-0.39, 0.29) is 0 Å². The van der Waals surface area contributed by atoms with Crippen molar-refractivity contribution in [2.75, 3.05) is 12.4 Å². The Hall–Kier alpha value is -3.16. The van der Waals surface area contributed by atoms with Crippen molar-refractivity contribution in [2.45, 2.75) is 6.61 Å². The summed E-state index contributed by atoms with van der Waals surface area (Å²) in [5, 5.41) is 6.73. The molecule has 3 rings (SSSR count). The van der Waals surface area contributed by atoms with E-state index in [1.807, 2.05) is 18.2 Å². The number of aromatic nitrogens is 4. The van der Waals surface area contributed by atoms with Crippen LogP contribution in [0.4, 0.5) is 10.6 Å². The molecule has 22 heavy (non-hydrogen) atoms. The predicted molar refractivity (Wildman–Crippen MR) is 77.6 cm³/mol. The van der Waals surface area contributed by atoms with Gasteiger partial charge in [0.1, 0.15) is 6.61 Å². The molecule has 0 aliphatic rings. The topological polar surface area (TPSA) is 90.6 Å². The average molecular weight is 299 g/mol. The molecule has 3 aromatic heterocycles. The highest BCUT2D eigenvalue weighted by Crippen LogP contribution is 2.13. The van der Waals surface area contributed by atoms with Crippen molar-refractivity contribution in [1.82, 2.24) is 19.6 Å². The van der Waals surface area contributed by atoms with Crippen molar-refractivity contribution in [1.29, 1.82) is 0 Å². The van der Waals surface area contributed by atoms with Crippen LogP contribution >= 0.6 is 0 Å². The highest BCUT2D eigenvalue weighted by Gasteiger charge is 2.07. The van der Waals surface area contributed by atoms with Crippen LogP contribution in [0, 0.1) is 0 Å². The number of carbonyl (C=O) groups excluding carboxylic acids is 1. The van der Waals surface area contributed by atoms with Crippen LogP contribution < -0.4 is 10.1 Å². The molecule has 0 aromatic carbocycles. The quantitative estimate of drug-likeness (QED) is 0.791. The minimum atomic E-state index is -0.588. The number of rotatable bonds is 4. The monoisotopic (exact) mass is 299 g/mol. The first-order valence-electron chi connectivity index (χ1n) is 6.49. The fourth-order valence-electron chi connectivity index (χ4n) is 1.79. The van der Waals surface area contributed by atoms with Crippen LogP contribution in [0.15, 0.2) is 42.7 Å². The van der Waals surface area contributed by atoms with Gasteiger partial charge in [-0.25, -0.2) is 14.3 Å². The number of nitrogens with zero attached hydrogens (tertiary/aromatic N) is 4. The molecule has 3 heterocycles. The summed E-state index contributed by atoms with van der Waals surface area (Å²) >= 11 is 0. The molecule has 8 nitrogen and oxygen atoms in total. The van der Waals surface area contributed by atoms with E-state index < -0.39 is 6.09 Å². The first kappa shape index (κ1) is 13.8. The second-order valence-electron chi connectivity index (χ2n) is 4.33. The van der Waals surface area contributed by atoms with E-state index in [4.69, 9.17) is 4.74 Å². The lowest BCUT2D eigenvalue weighted by molar-refractivity contribution is 0.187. The van der Waals surface area contributed by atoms with E-state index in [1.54, 1.807) is 24.5 Å². The summed E-state index contributed by atoms with van der Waals surface area (Å²) < 4.78 is 11.6. The van der Waals surface area contributed by atoms with Gasteiger partial charge in [-0.3, -0.25) is 10.3 Å². The van der Waals surface area contributed by atoms with Gasteiger partial charge >= 0.3 is 6.09 Å². The van der Waals surface area contributed by atoms with E-state index in [2.05, 4.69) is 25.1 Å². The largest absolute Gasteiger partial charge is 0.470 e. The third-order valence-electron chi connectivity index (χ3n) is 2.81. The molecule has 112 valence electrons. The summed E-state index contributed by atoms with van der Waals surface area (Å²) in [5.74, 6) is 0.779. The van der Waals surface area contributed by atoms with Crippen LogP contribution in [0.3, 0.4) is 0 Å². The molecule has 0 aliphatic carbocycles. The standard InChI is InChI=1S/C14H13N5O3/c1-21-14(20)17-11-8-19-12(16-11)5-6-13(18-19)22-9-10-4-2-3-7-15-10/h2-8H,9H2,1H3,(H,17,20). The van der Waals surface area contributed by atoms with E-state index in [1.165, 1.54) is 11.6 Å². The predicted octanol–water partition coefficient (Wildman–Crippen LogP) is 1.88. The van der Waals surface area contributed by atoms with E-state index in [0.29, 0.717) is 24.0 Å². The Kier molecular flexibility index (Phi) is 3.82. The number of hydrogen-bond acceptors (Lipinski definition) is 6. The fourth-order valence-corrected chi connectivity index (χ4v) is 1.79. The number of pyridine rings is 1. The smallest absolute Gasteiger partial charge is 0.412 e. The highest BCUT2D eigenvalue weighted by atomic mass is 16.5. The highest BCUT2D eigenvalue weighted by molar-refractivity contribution is 5.83. The Morgan fingerprint density at radius 3 is 3.00 bits per heavy atom. The molecule has 0 fully saturated rings. The second-order valence-corrected chi connectivity index (χ2v) is 4.33. The lowest BCUT2D eigenvalue weighted by Crippen LogP contribution is -2.10. The van der Waals surface area contributed by atoms with Crippen LogP contribution in [0.1, 0.15) is 5.69 Å². The van der Waals surface area contributed by atoms with Crippen LogP contribution in [0.5, 0.6) is 5.88 Å². The number of hydrogen-bond donors (Lipinski definition) is 1. The van der Waals surface area contributed by atoms with Crippen molar-refractivity contribution in [3.8, 4) is 5.88 Å². The molecule has 0 bridgehead atoms. The van der Waals surface area contributed by atoms with Gasteiger partial charge in [-0.2, -0.15) is 0 Å². The number of fused-ring (bicyclic) bond motifs is 1. The molecule has 0 atom stereocenters. The third-order valence-corrected chi connectivity index (χ3v) is 2.81. The van der Waals surface area contributed by atoms with E-state index in [0.717, 1.165) is 5.69 Å². The molecule has 0 saturated heterocycles. The van der Waals surface area contributed by atoms with Gasteiger partial charge in [0.05, 0.1) is 19.0 Å². The Bertz CT molecular complexity index is 788. The van der Waals surface area contributed by atoms with Crippen molar-refractivity contribution < 1.29 is 14.3 Å². The minimum absolute atomic E-state index is 0.321. The maximum absolute atomic E-state index is 11.1. The van der Waals surface area contributed by atoms with Crippen LogP contribution in [-0.4, -0.2) is 32.8 Å². The summed E-state index contributed by atoms with van der Waals surface area (Å²) in [7, 11) is 1.28. The number of nitrogens with one attached hydrogen (secondary N) is 1. The summed E-state index contributed by atoms with van der Waals surface area (Å²) in [4.78, 5) is 19.5. The van der Waals surface area contributed by atoms with Crippen molar-refractivity contribution >= 4 is 17.6 Å². The molecule has 8 heteroatoms. The normalized spacial score (nSPS) is 10.4. The molecule has 1 N–H and O–H groups in total. The number of imidazole rings is 1. The van der Waals surface area contributed by atoms with E-state index >= 15 is 0 Å². The summed E-state index contributed by atoms with van der Waals surface area (Å²) in [6.07, 6.45) is 2.69. The van der Waals surface area contributed by atoms with Gasteiger partial charge in [0.25, 0.3) is 0 Å². The van der Waals surface area contributed by atoms with Crippen molar-refractivity contribution in [3.63, 3.8) is 0 Å². The van der Waals surface area contributed by atoms with Gasteiger partial charge in [0.2, 0.25) is 5.88 Å². The maximum Gasteiger partial charge on any atom is 0.412 e. The third kappa shape index (κ3) is 3.11. The van der Waals surface area contributed by atoms with Gasteiger partial charge in [0.15, 0.2) is 11.5 Å². The van der Waals surface area contributed by atoms with Gasteiger partial charge in [0, 0.05) is 12.3 Å². The molecular formula is C14H13N5O3. The first-order valence-corrected chi connectivity index (χ1v) is 6.49. The molecule has 0 radical (unpaired) electrons. The number of carbonyl (C=O) groups is 1. The van der Waals surface area contributed by atoms with Crippen molar-refractivity contribution in [3.05, 3.63) is 48.4 Å². The van der Waals surface area contributed by atoms with Crippen LogP contribution in [-0.2, 0) is 11.3 Å². The Balaban J connectivity index is 1.73. The zero-order valence-corrected chi connectivity index (χ0v) is 11.8. The number of methoxy groups -OCH3 is 1.